The summed E-state index contributed by atoms with van der Waals surface area (Å²) in [6, 6.07) is 3.69. The van der Waals surface area contributed by atoms with E-state index in [-0.39, 0.29) is 12.1 Å². The summed E-state index contributed by atoms with van der Waals surface area (Å²) in [5.41, 5.74) is 0.0331. The van der Waals surface area contributed by atoms with E-state index in [1.165, 1.54) is 11.1 Å². The number of aromatic nitrogens is 1. The quantitative estimate of drug-likeness (QED) is 0.590. The van der Waals surface area contributed by atoms with Crippen LogP contribution in [-0.4, -0.2) is 28.1 Å². The van der Waals surface area contributed by atoms with Gasteiger partial charge in [0.15, 0.2) is 0 Å². The topological polar surface area (TPSA) is 57.0 Å². The van der Waals surface area contributed by atoms with E-state index in [4.69, 9.17) is 11.6 Å². The van der Waals surface area contributed by atoms with Crippen molar-refractivity contribution in [2.24, 2.45) is 0 Å². The third-order valence-electron chi connectivity index (χ3n) is 4.46. The number of hydrogen-bond acceptors (Lipinski definition) is 3. The first kappa shape index (κ1) is 13.3. The van der Waals surface area contributed by atoms with Gasteiger partial charge in [-0.1, -0.05) is 11.6 Å². The molecule has 20 heavy (non-hydrogen) atoms. The molecule has 1 amide bonds. The summed E-state index contributed by atoms with van der Waals surface area (Å²) in [4.78, 5) is 16.4. The maximum absolute atomic E-state index is 13.1. The summed E-state index contributed by atoms with van der Waals surface area (Å²) in [5.74, 6) is 0. The van der Waals surface area contributed by atoms with Crippen molar-refractivity contribution < 1.29 is 9.18 Å². The molecule has 0 aliphatic carbocycles. The average Bonchev–Trinajstić information content (AvgIpc) is 2.71. The number of piperidine rings is 1. The molecule has 2 aliphatic heterocycles. The minimum atomic E-state index is -1.38. The Kier molecular flexibility index (Phi) is 3.14. The zero-order valence-corrected chi connectivity index (χ0v) is 11.5. The molecule has 2 atom stereocenters. The van der Waals surface area contributed by atoms with Crippen molar-refractivity contribution in [3.63, 3.8) is 0 Å². The van der Waals surface area contributed by atoms with Crippen molar-refractivity contribution in [1.29, 1.82) is 5.26 Å². The van der Waals surface area contributed by atoms with Gasteiger partial charge in [0.05, 0.1) is 16.5 Å². The Morgan fingerprint density at radius 1 is 1.45 bits per heavy atom. The average molecular weight is 294 g/mol. The fraction of sp³-hybridized carbons (Fsp3) is 0.500. The molecule has 2 aliphatic rings. The minimum absolute atomic E-state index is 0.204. The van der Waals surface area contributed by atoms with Gasteiger partial charge in [0, 0.05) is 24.5 Å². The summed E-state index contributed by atoms with van der Waals surface area (Å²) in [5, 5.41) is 10.1. The van der Waals surface area contributed by atoms with Gasteiger partial charge in [0.25, 0.3) is 0 Å². The number of amides is 1. The van der Waals surface area contributed by atoms with Crippen molar-refractivity contribution in [3.8, 4) is 6.07 Å². The van der Waals surface area contributed by atoms with Gasteiger partial charge in [-0.05, 0) is 37.3 Å². The van der Waals surface area contributed by atoms with Crippen LogP contribution in [0.15, 0.2) is 18.5 Å². The number of rotatable bonds is 1. The molecule has 3 heterocycles. The van der Waals surface area contributed by atoms with Gasteiger partial charge in [-0.25, -0.2) is 4.79 Å². The lowest BCUT2D eigenvalue weighted by Crippen LogP contribution is -2.50. The zero-order valence-electron chi connectivity index (χ0n) is 10.7. The molecule has 2 fully saturated rings. The molecule has 6 heteroatoms. The number of pyridine rings is 1. The molecular weight excluding hydrogens is 281 g/mol. The van der Waals surface area contributed by atoms with Gasteiger partial charge < -0.3 is 4.90 Å². The standard InChI is InChI=1S/C14H13ClFN3O/c15-10-3-9(6-18-7-10)14(8-17)4-11-1-2-12(5-14)19(11)13(16)20/h3,6-7,11-12H,1-2,4-5H2. The lowest BCUT2D eigenvalue weighted by molar-refractivity contribution is 0.106. The van der Waals surface area contributed by atoms with Crippen LogP contribution in [-0.2, 0) is 5.41 Å². The van der Waals surface area contributed by atoms with Gasteiger partial charge in [-0.15, -0.1) is 4.39 Å². The van der Waals surface area contributed by atoms with E-state index in [9.17, 15) is 14.4 Å². The third kappa shape index (κ3) is 1.95. The number of carbonyl (C=O) groups excluding carboxylic acids is 1. The molecule has 0 spiro atoms. The van der Waals surface area contributed by atoms with Crippen LogP contribution in [0.3, 0.4) is 0 Å². The predicted molar refractivity (Wildman–Crippen MR) is 70.9 cm³/mol. The molecule has 2 unspecified atom stereocenters. The Morgan fingerprint density at radius 3 is 2.60 bits per heavy atom. The second kappa shape index (κ2) is 4.71. The second-order valence-corrected chi connectivity index (χ2v) is 5.98. The molecule has 1 aromatic rings. The highest BCUT2D eigenvalue weighted by atomic mass is 35.5. The Bertz CT molecular complexity index is 586. The van der Waals surface area contributed by atoms with Crippen LogP contribution in [0.2, 0.25) is 5.02 Å². The molecular formula is C14H13ClFN3O. The monoisotopic (exact) mass is 293 g/mol. The van der Waals surface area contributed by atoms with Gasteiger partial charge in [0.2, 0.25) is 0 Å². The lowest BCUT2D eigenvalue weighted by atomic mass is 9.71. The molecule has 3 rings (SSSR count). The van der Waals surface area contributed by atoms with E-state index in [1.54, 1.807) is 12.3 Å². The SMILES string of the molecule is N#CC1(c2cncc(Cl)c2)CC2CCC(C1)N2C(=O)F. The predicted octanol–water partition coefficient (Wildman–Crippen LogP) is 3.21. The largest absolute Gasteiger partial charge is 0.400 e. The fourth-order valence-corrected chi connectivity index (χ4v) is 3.78. The number of nitrogens with zero attached hydrogens (tertiary/aromatic N) is 3. The molecule has 0 N–H and O–H groups in total. The van der Waals surface area contributed by atoms with Crippen LogP contribution < -0.4 is 0 Å². The van der Waals surface area contributed by atoms with Crippen LogP contribution in [0.1, 0.15) is 31.2 Å². The smallest absolute Gasteiger partial charge is 0.309 e. The zero-order chi connectivity index (χ0) is 14.3. The molecule has 2 saturated heterocycles. The normalized spacial score (nSPS) is 31.9. The summed E-state index contributed by atoms with van der Waals surface area (Å²) in [6.07, 6.45) is 4.16. The maximum Gasteiger partial charge on any atom is 0.400 e. The van der Waals surface area contributed by atoms with E-state index in [1.807, 2.05) is 0 Å². The molecule has 104 valence electrons. The van der Waals surface area contributed by atoms with Crippen molar-refractivity contribution in [2.45, 2.75) is 43.2 Å². The first-order chi connectivity index (χ1) is 9.55. The van der Waals surface area contributed by atoms with Gasteiger partial charge in [0.1, 0.15) is 0 Å². The highest BCUT2D eigenvalue weighted by Crippen LogP contribution is 2.47. The first-order valence-electron chi connectivity index (χ1n) is 6.56. The summed E-state index contributed by atoms with van der Waals surface area (Å²) >= 11 is 5.95. The molecule has 0 aromatic carbocycles. The highest BCUT2D eigenvalue weighted by molar-refractivity contribution is 6.30. The van der Waals surface area contributed by atoms with Gasteiger partial charge in [-0.3, -0.25) is 4.98 Å². The van der Waals surface area contributed by atoms with E-state index >= 15 is 0 Å². The van der Waals surface area contributed by atoms with E-state index < -0.39 is 11.6 Å². The molecule has 1 aromatic heterocycles. The second-order valence-electron chi connectivity index (χ2n) is 5.54. The van der Waals surface area contributed by atoms with Gasteiger partial charge >= 0.3 is 6.16 Å². The third-order valence-corrected chi connectivity index (χ3v) is 4.67. The maximum atomic E-state index is 13.1. The molecule has 0 saturated carbocycles. The number of nitriles is 1. The Balaban J connectivity index is 1.98. The van der Waals surface area contributed by atoms with Crippen LogP contribution in [0.5, 0.6) is 0 Å². The first-order valence-corrected chi connectivity index (χ1v) is 6.93. The number of carbonyl (C=O) groups is 1. The number of halogens is 2. The van der Waals surface area contributed by atoms with Crippen molar-refractivity contribution in [3.05, 3.63) is 29.0 Å². The van der Waals surface area contributed by atoms with Crippen LogP contribution in [0, 0.1) is 11.3 Å². The lowest BCUT2D eigenvalue weighted by Gasteiger charge is -2.41. The molecule has 4 nitrogen and oxygen atoms in total. The Labute approximate surface area is 121 Å². The summed E-state index contributed by atoms with van der Waals surface area (Å²) in [6.45, 7) is 0. The fourth-order valence-electron chi connectivity index (χ4n) is 3.60. The molecule has 0 radical (unpaired) electrons. The van der Waals surface area contributed by atoms with Crippen molar-refractivity contribution in [1.82, 2.24) is 9.88 Å². The van der Waals surface area contributed by atoms with E-state index in [0.29, 0.717) is 17.9 Å². The van der Waals surface area contributed by atoms with Crippen LogP contribution >= 0.6 is 11.6 Å². The number of hydrogen-bond donors (Lipinski definition) is 0. The van der Waals surface area contributed by atoms with Crippen molar-refractivity contribution >= 4 is 17.8 Å². The Hall–Kier alpha value is -1.67. The summed E-state index contributed by atoms with van der Waals surface area (Å²) in [7, 11) is 0. The van der Waals surface area contributed by atoms with Crippen LogP contribution in [0.25, 0.3) is 0 Å². The van der Waals surface area contributed by atoms with Crippen LogP contribution in [0.4, 0.5) is 9.18 Å². The highest BCUT2D eigenvalue weighted by Gasteiger charge is 2.51. The van der Waals surface area contributed by atoms with E-state index in [2.05, 4.69) is 11.1 Å². The molecule has 2 bridgehead atoms. The van der Waals surface area contributed by atoms with E-state index in [0.717, 1.165) is 18.4 Å². The number of fused-ring (bicyclic) bond motifs is 2. The van der Waals surface area contributed by atoms with Gasteiger partial charge in [-0.2, -0.15) is 5.26 Å². The minimum Gasteiger partial charge on any atom is -0.309 e. The summed E-state index contributed by atoms with van der Waals surface area (Å²) < 4.78 is 13.1. The Morgan fingerprint density at radius 2 is 2.10 bits per heavy atom. The van der Waals surface area contributed by atoms with Crippen molar-refractivity contribution in [2.75, 3.05) is 0 Å².